The number of aryl methyl sites for hydroxylation is 1. The number of anilines is 2. The van der Waals surface area contributed by atoms with E-state index in [-0.39, 0.29) is 17.2 Å². The van der Waals surface area contributed by atoms with Crippen LogP contribution in [0.15, 0.2) is 65.6 Å². The van der Waals surface area contributed by atoms with Crippen molar-refractivity contribution in [3.05, 3.63) is 71.2 Å². The Labute approximate surface area is 197 Å². The number of carbonyl (C=O) groups excluding carboxylic acids is 1. The molecule has 0 unspecified atom stereocenters. The molecule has 0 heterocycles. The molecule has 0 aliphatic heterocycles. The summed E-state index contributed by atoms with van der Waals surface area (Å²) in [5, 5.41) is 3.22. The van der Waals surface area contributed by atoms with Gasteiger partial charge in [0.15, 0.2) is 6.61 Å². The van der Waals surface area contributed by atoms with Gasteiger partial charge in [0.2, 0.25) is 0 Å². The highest BCUT2D eigenvalue weighted by atomic mass is 35.5. The molecule has 8 nitrogen and oxygen atoms in total. The van der Waals surface area contributed by atoms with E-state index in [2.05, 4.69) is 10.0 Å². The lowest BCUT2D eigenvalue weighted by Crippen LogP contribution is -2.21. The van der Waals surface area contributed by atoms with Crippen molar-refractivity contribution < 1.29 is 27.4 Å². The molecule has 0 aromatic heterocycles. The molecule has 0 aliphatic rings. The highest BCUT2D eigenvalue weighted by molar-refractivity contribution is 7.92. The van der Waals surface area contributed by atoms with Crippen LogP contribution in [0.4, 0.5) is 11.4 Å². The Morgan fingerprint density at radius 2 is 1.64 bits per heavy atom. The summed E-state index contributed by atoms with van der Waals surface area (Å²) in [5.41, 5.74) is 1.37. The highest BCUT2D eigenvalue weighted by Gasteiger charge is 2.18. The van der Waals surface area contributed by atoms with Gasteiger partial charge in [0.25, 0.3) is 15.9 Å². The quantitative estimate of drug-likeness (QED) is 0.458. The number of rotatable bonds is 9. The van der Waals surface area contributed by atoms with Crippen LogP contribution in [0.5, 0.6) is 17.2 Å². The van der Waals surface area contributed by atoms with Gasteiger partial charge in [-0.05, 0) is 73.2 Å². The van der Waals surface area contributed by atoms with E-state index in [4.69, 9.17) is 25.8 Å². The maximum atomic E-state index is 12.8. The number of nitrogens with one attached hydrogen (secondary N) is 2. The van der Waals surface area contributed by atoms with Crippen molar-refractivity contribution in [1.29, 1.82) is 0 Å². The van der Waals surface area contributed by atoms with Gasteiger partial charge < -0.3 is 19.5 Å². The molecule has 3 rings (SSSR count). The van der Waals surface area contributed by atoms with Gasteiger partial charge in [-0.25, -0.2) is 8.42 Å². The van der Waals surface area contributed by atoms with Crippen LogP contribution in [0.25, 0.3) is 0 Å². The third-order valence-corrected chi connectivity index (χ3v) is 6.40. The Balaban J connectivity index is 1.73. The zero-order valence-electron chi connectivity index (χ0n) is 18.2. The molecular formula is C23H23ClN2O6S. The van der Waals surface area contributed by atoms with E-state index < -0.39 is 15.9 Å². The molecule has 0 bridgehead atoms. The molecular weight excluding hydrogens is 468 g/mol. The van der Waals surface area contributed by atoms with Gasteiger partial charge in [-0.1, -0.05) is 11.6 Å². The lowest BCUT2D eigenvalue weighted by molar-refractivity contribution is -0.118. The maximum absolute atomic E-state index is 12.8. The van der Waals surface area contributed by atoms with E-state index in [1.54, 1.807) is 42.5 Å². The van der Waals surface area contributed by atoms with E-state index in [0.29, 0.717) is 28.0 Å². The van der Waals surface area contributed by atoms with Gasteiger partial charge in [0.1, 0.15) is 17.2 Å². The average Bonchev–Trinajstić information content (AvgIpc) is 2.80. The first-order chi connectivity index (χ1) is 15.7. The molecule has 3 aromatic rings. The van der Waals surface area contributed by atoms with E-state index in [1.165, 1.54) is 32.4 Å². The summed E-state index contributed by atoms with van der Waals surface area (Å²) in [6.45, 7) is 1.54. The normalized spacial score (nSPS) is 10.9. The van der Waals surface area contributed by atoms with Crippen molar-refractivity contribution >= 4 is 38.9 Å². The van der Waals surface area contributed by atoms with E-state index in [9.17, 15) is 13.2 Å². The number of ether oxygens (including phenoxy) is 3. The second-order valence-electron chi connectivity index (χ2n) is 6.94. The van der Waals surface area contributed by atoms with Crippen LogP contribution < -0.4 is 24.2 Å². The van der Waals surface area contributed by atoms with E-state index >= 15 is 0 Å². The fraction of sp³-hybridized carbons (Fsp3) is 0.174. The van der Waals surface area contributed by atoms with Crippen molar-refractivity contribution in [1.82, 2.24) is 0 Å². The number of benzene rings is 3. The number of sulfonamides is 1. The molecule has 1 amide bonds. The molecule has 2 N–H and O–H groups in total. The molecule has 0 spiro atoms. The van der Waals surface area contributed by atoms with Crippen LogP contribution >= 0.6 is 11.6 Å². The van der Waals surface area contributed by atoms with Crippen molar-refractivity contribution in [2.75, 3.05) is 30.9 Å². The van der Waals surface area contributed by atoms with Gasteiger partial charge in [0.05, 0.1) is 24.8 Å². The summed E-state index contributed by atoms with van der Waals surface area (Å²) in [6, 6.07) is 15.6. The largest absolute Gasteiger partial charge is 0.497 e. The minimum Gasteiger partial charge on any atom is -0.497 e. The molecule has 174 valence electrons. The minimum absolute atomic E-state index is 0.0522. The number of amides is 1. The highest BCUT2D eigenvalue weighted by Crippen LogP contribution is 2.29. The van der Waals surface area contributed by atoms with Gasteiger partial charge in [-0.3, -0.25) is 9.52 Å². The predicted molar refractivity (Wildman–Crippen MR) is 127 cm³/mol. The molecule has 33 heavy (non-hydrogen) atoms. The zero-order valence-corrected chi connectivity index (χ0v) is 19.8. The zero-order chi connectivity index (χ0) is 24.0. The number of halogens is 1. The summed E-state index contributed by atoms with van der Waals surface area (Å²) in [6.07, 6.45) is 0. The third kappa shape index (κ3) is 6.30. The number of hydrogen-bond donors (Lipinski definition) is 2. The summed E-state index contributed by atoms with van der Waals surface area (Å²) >= 11 is 5.99. The van der Waals surface area contributed by atoms with E-state index in [0.717, 1.165) is 5.56 Å². The Hall–Kier alpha value is -3.43. The SMILES string of the molecule is COc1ccc(NS(=O)(=O)c2ccc(OC)c(NC(=O)COc3ccc(Cl)c(C)c3)c2)cc1. The monoisotopic (exact) mass is 490 g/mol. The summed E-state index contributed by atoms with van der Waals surface area (Å²) in [7, 11) is -0.982. The first-order valence-electron chi connectivity index (χ1n) is 9.75. The molecule has 0 aliphatic carbocycles. The summed E-state index contributed by atoms with van der Waals surface area (Å²) in [5.74, 6) is 0.898. The van der Waals surface area contributed by atoms with Crippen LogP contribution in [-0.4, -0.2) is 35.2 Å². The van der Waals surface area contributed by atoms with Gasteiger partial charge in [-0.15, -0.1) is 0 Å². The molecule has 10 heteroatoms. The van der Waals surface area contributed by atoms with Crippen molar-refractivity contribution in [3.63, 3.8) is 0 Å². The van der Waals surface area contributed by atoms with Crippen LogP contribution in [0.1, 0.15) is 5.56 Å². The van der Waals surface area contributed by atoms with Gasteiger partial charge in [-0.2, -0.15) is 0 Å². The standard InChI is InChI=1S/C23H23ClN2O6S/c1-15-12-18(8-10-20(15)24)32-14-23(27)25-21-13-19(9-11-22(21)31-3)33(28,29)26-16-4-6-17(30-2)7-5-16/h4-13,26H,14H2,1-3H3,(H,25,27). The van der Waals surface area contributed by atoms with Crippen molar-refractivity contribution in [3.8, 4) is 17.2 Å². The van der Waals surface area contributed by atoms with Crippen LogP contribution in [0.3, 0.4) is 0 Å². The smallest absolute Gasteiger partial charge is 0.262 e. The molecule has 0 atom stereocenters. The fourth-order valence-corrected chi connectivity index (χ4v) is 4.07. The Kier molecular flexibility index (Phi) is 7.67. The maximum Gasteiger partial charge on any atom is 0.262 e. The Morgan fingerprint density at radius 1 is 0.939 bits per heavy atom. The van der Waals surface area contributed by atoms with E-state index in [1.807, 2.05) is 6.92 Å². The number of carbonyl (C=O) groups is 1. The molecule has 3 aromatic carbocycles. The predicted octanol–water partition coefficient (Wildman–Crippen LogP) is 4.48. The second-order valence-corrected chi connectivity index (χ2v) is 9.03. The third-order valence-electron chi connectivity index (χ3n) is 4.60. The van der Waals surface area contributed by atoms with Gasteiger partial charge >= 0.3 is 0 Å². The lowest BCUT2D eigenvalue weighted by atomic mass is 10.2. The number of hydrogen-bond acceptors (Lipinski definition) is 6. The van der Waals surface area contributed by atoms with Crippen LogP contribution in [0, 0.1) is 6.92 Å². The first kappa shape index (κ1) is 24.2. The fourth-order valence-electron chi connectivity index (χ4n) is 2.87. The summed E-state index contributed by atoms with van der Waals surface area (Å²) in [4.78, 5) is 12.4. The molecule has 0 saturated carbocycles. The molecule has 0 radical (unpaired) electrons. The van der Waals surface area contributed by atoms with Crippen molar-refractivity contribution in [2.24, 2.45) is 0 Å². The van der Waals surface area contributed by atoms with Crippen LogP contribution in [-0.2, 0) is 14.8 Å². The lowest BCUT2D eigenvalue weighted by Gasteiger charge is -2.14. The topological polar surface area (TPSA) is 103 Å². The van der Waals surface area contributed by atoms with Crippen LogP contribution in [0.2, 0.25) is 5.02 Å². The first-order valence-corrected chi connectivity index (χ1v) is 11.6. The second kappa shape index (κ2) is 10.5. The minimum atomic E-state index is -3.92. The molecule has 0 saturated heterocycles. The summed E-state index contributed by atoms with van der Waals surface area (Å²) < 4.78 is 44.0. The van der Waals surface area contributed by atoms with Crippen molar-refractivity contribution in [2.45, 2.75) is 11.8 Å². The Bertz CT molecular complexity index is 1250. The molecule has 0 fully saturated rings. The number of methoxy groups -OCH3 is 2. The average molecular weight is 491 g/mol. The van der Waals surface area contributed by atoms with Gasteiger partial charge in [0, 0.05) is 10.7 Å². The Morgan fingerprint density at radius 3 is 2.27 bits per heavy atom.